The first-order valence-corrected chi connectivity index (χ1v) is 18.4. The van der Waals surface area contributed by atoms with Crippen LogP contribution in [0.4, 0.5) is 0 Å². The number of amides is 6. The highest BCUT2D eigenvalue weighted by atomic mass is 32.2. The zero-order valence-corrected chi connectivity index (χ0v) is 30.5. The largest absolute Gasteiger partial charge is 0.454 e. The molecule has 1 saturated heterocycles. The molecule has 2 aliphatic heterocycles. The van der Waals surface area contributed by atoms with Crippen molar-refractivity contribution in [1.82, 2.24) is 31.5 Å². The Balaban J connectivity index is 1.66. The standard InChI is InChI=1S/C36H48N6O8S/c1-21(2)32-36(48)40-27(13-14-51-5)35(47)38-23(4)33(45)39-26(15-24-9-7-6-8-10-24)18-42(19-30(43)37-22(3)34(46)41-32)31(44)17-25-11-12-28-29(16-25)50-20-49-28/h6-12,16,21-23,26-27,32H,13-15,17-20H2,1-5H3,(H,37,43)(H,38,47)(H,39,45)(H,40,48)(H,41,46)/t22-,23+,26-,27+,32+/m1/s1. The van der Waals surface area contributed by atoms with E-state index in [1.54, 1.807) is 32.0 Å². The van der Waals surface area contributed by atoms with Gasteiger partial charge in [0.15, 0.2) is 11.5 Å². The Morgan fingerprint density at radius 2 is 1.51 bits per heavy atom. The molecule has 4 rings (SSSR count). The number of hydrogen-bond acceptors (Lipinski definition) is 9. The normalized spacial score (nSPS) is 23.7. The molecule has 2 aromatic rings. The third kappa shape index (κ3) is 11.4. The first kappa shape index (κ1) is 39.0. The van der Waals surface area contributed by atoms with Crippen LogP contribution in [-0.2, 0) is 41.6 Å². The van der Waals surface area contributed by atoms with Gasteiger partial charge in [-0.1, -0.05) is 50.2 Å². The topological polar surface area (TPSA) is 184 Å². The summed E-state index contributed by atoms with van der Waals surface area (Å²) in [4.78, 5) is 82.5. The minimum atomic E-state index is -1.06. The Labute approximate surface area is 302 Å². The lowest BCUT2D eigenvalue weighted by atomic mass is 10.0. The lowest BCUT2D eigenvalue weighted by Gasteiger charge is -2.31. The molecule has 276 valence electrons. The molecule has 0 unspecified atom stereocenters. The summed E-state index contributed by atoms with van der Waals surface area (Å²) < 4.78 is 10.9. The van der Waals surface area contributed by atoms with Gasteiger partial charge in [0.25, 0.3) is 0 Å². The fourth-order valence-corrected chi connectivity index (χ4v) is 6.20. The average molecular weight is 725 g/mol. The van der Waals surface area contributed by atoms with Gasteiger partial charge in [-0.15, -0.1) is 0 Å². The van der Waals surface area contributed by atoms with Crippen molar-refractivity contribution < 1.29 is 38.2 Å². The average Bonchev–Trinajstić information content (AvgIpc) is 3.56. The second-order valence-electron chi connectivity index (χ2n) is 13.1. The van der Waals surface area contributed by atoms with Crippen molar-refractivity contribution in [2.24, 2.45) is 5.92 Å². The second-order valence-corrected chi connectivity index (χ2v) is 14.1. The fraction of sp³-hybridized carbons (Fsp3) is 0.500. The number of hydrogen-bond donors (Lipinski definition) is 5. The van der Waals surface area contributed by atoms with Gasteiger partial charge in [0.2, 0.25) is 42.2 Å². The SMILES string of the molecule is CSCC[C@@H]1NC(=O)[C@H](C(C)C)NC(=O)[C@@H](C)NC(=O)CN(C(=O)Cc2ccc3c(c2)OCO3)C[C@@H](Cc2ccccc2)NC(=O)[C@H](C)NC1=O. The molecule has 2 aromatic carbocycles. The van der Waals surface area contributed by atoms with Crippen molar-refractivity contribution in [2.75, 3.05) is 31.9 Å². The summed E-state index contributed by atoms with van der Waals surface area (Å²) in [5.74, 6) is -1.98. The van der Waals surface area contributed by atoms with Crippen LogP contribution in [0.2, 0.25) is 0 Å². The van der Waals surface area contributed by atoms with Gasteiger partial charge in [0, 0.05) is 6.54 Å². The molecule has 14 nitrogen and oxygen atoms in total. The number of nitrogens with zero attached hydrogens (tertiary/aromatic N) is 1. The van der Waals surface area contributed by atoms with E-state index in [4.69, 9.17) is 9.47 Å². The van der Waals surface area contributed by atoms with E-state index in [1.807, 2.05) is 36.6 Å². The van der Waals surface area contributed by atoms with Crippen LogP contribution in [0.1, 0.15) is 45.2 Å². The quantitative estimate of drug-likeness (QED) is 0.264. The number of ether oxygens (including phenoxy) is 2. The number of nitrogens with one attached hydrogen (secondary N) is 5. The van der Waals surface area contributed by atoms with E-state index < -0.39 is 72.2 Å². The summed E-state index contributed by atoms with van der Waals surface area (Å²) in [5.41, 5.74) is 1.50. The number of benzene rings is 2. The molecule has 0 radical (unpaired) electrons. The number of thioether (sulfide) groups is 1. The molecule has 15 heteroatoms. The van der Waals surface area contributed by atoms with Crippen LogP contribution in [0.25, 0.3) is 0 Å². The monoisotopic (exact) mass is 724 g/mol. The molecule has 0 aliphatic carbocycles. The van der Waals surface area contributed by atoms with Gasteiger partial charge in [-0.05, 0) is 67.9 Å². The van der Waals surface area contributed by atoms with Gasteiger partial charge in [0.1, 0.15) is 24.2 Å². The van der Waals surface area contributed by atoms with Gasteiger partial charge in [-0.25, -0.2) is 0 Å². The molecule has 5 N–H and O–H groups in total. The number of rotatable bonds is 8. The molecular weight excluding hydrogens is 676 g/mol. The van der Waals surface area contributed by atoms with Gasteiger partial charge in [-0.3, -0.25) is 28.8 Å². The first-order chi connectivity index (χ1) is 24.3. The molecule has 1 fully saturated rings. The summed E-state index contributed by atoms with van der Waals surface area (Å²) in [6, 6.07) is 9.77. The molecular formula is C36H48N6O8S. The van der Waals surface area contributed by atoms with Gasteiger partial charge >= 0.3 is 0 Å². The second kappa shape index (κ2) is 18.4. The van der Waals surface area contributed by atoms with Gasteiger partial charge in [-0.2, -0.15) is 11.8 Å². The predicted molar refractivity (Wildman–Crippen MR) is 192 cm³/mol. The molecule has 0 saturated carbocycles. The third-order valence-corrected chi connectivity index (χ3v) is 9.25. The smallest absolute Gasteiger partial charge is 0.243 e. The van der Waals surface area contributed by atoms with E-state index in [0.717, 1.165) is 5.56 Å². The summed E-state index contributed by atoms with van der Waals surface area (Å²) in [5, 5.41) is 13.8. The Morgan fingerprint density at radius 1 is 0.824 bits per heavy atom. The van der Waals surface area contributed by atoms with Crippen LogP contribution in [0.15, 0.2) is 48.5 Å². The minimum absolute atomic E-state index is 0.0550. The molecule has 51 heavy (non-hydrogen) atoms. The van der Waals surface area contributed by atoms with E-state index in [0.29, 0.717) is 29.2 Å². The molecule has 6 amide bonds. The van der Waals surface area contributed by atoms with Crippen molar-refractivity contribution >= 4 is 47.2 Å². The maximum Gasteiger partial charge on any atom is 0.243 e. The summed E-state index contributed by atoms with van der Waals surface area (Å²) >= 11 is 1.50. The van der Waals surface area contributed by atoms with Gasteiger partial charge < -0.3 is 41.0 Å². The lowest BCUT2D eigenvalue weighted by Crippen LogP contribution is -2.60. The zero-order valence-electron chi connectivity index (χ0n) is 29.7. The molecule has 5 atom stereocenters. The van der Waals surface area contributed by atoms with Crippen LogP contribution in [-0.4, -0.2) is 102 Å². The molecule has 2 heterocycles. The van der Waals surface area contributed by atoms with Crippen LogP contribution >= 0.6 is 11.8 Å². The minimum Gasteiger partial charge on any atom is -0.454 e. The maximum atomic E-state index is 13.9. The molecule has 0 bridgehead atoms. The molecule has 0 spiro atoms. The Bertz CT molecular complexity index is 1570. The fourth-order valence-electron chi connectivity index (χ4n) is 5.73. The van der Waals surface area contributed by atoms with E-state index in [-0.39, 0.29) is 32.1 Å². The predicted octanol–water partition coefficient (Wildman–Crippen LogP) is 0.916. The maximum absolute atomic E-state index is 13.9. The number of carbonyl (C=O) groups excluding carboxylic acids is 6. The number of fused-ring (bicyclic) bond motifs is 1. The van der Waals surface area contributed by atoms with E-state index in [9.17, 15) is 28.8 Å². The summed E-state index contributed by atoms with van der Waals surface area (Å²) in [7, 11) is 0. The highest BCUT2D eigenvalue weighted by molar-refractivity contribution is 7.98. The van der Waals surface area contributed by atoms with Crippen molar-refractivity contribution in [3.05, 3.63) is 59.7 Å². The van der Waals surface area contributed by atoms with Crippen LogP contribution in [0, 0.1) is 5.92 Å². The highest BCUT2D eigenvalue weighted by Crippen LogP contribution is 2.32. The first-order valence-electron chi connectivity index (χ1n) is 17.0. The van der Waals surface area contributed by atoms with E-state index >= 15 is 0 Å². The van der Waals surface area contributed by atoms with Crippen LogP contribution in [0.5, 0.6) is 11.5 Å². The van der Waals surface area contributed by atoms with Crippen molar-refractivity contribution in [2.45, 2.75) is 77.2 Å². The Hall–Kier alpha value is -4.79. The summed E-state index contributed by atoms with van der Waals surface area (Å²) in [6.45, 7) is 6.12. The van der Waals surface area contributed by atoms with Crippen LogP contribution in [0.3, 0.4) is 0 Å². The van der Waals surface area contributed by atoms with Gasteiger partial charge in [0.05, 0.1) is 19.0 Å². The lowest BCUT2D eigenvalue weighted by molar-refractivity contribution is -0.138. The van der Waals surface area contributed by atoms with Crippen LogP contribution < -0.4 is 36.1 Å². The van der Waals surface area contributed by atoms with E-state index in [1.165, 1.54) is 30.5 Å². The van der Waals surface area contributed by atoms with Crippen molar-refractivity contribution in [3.63, 3.8) is 0 Å². The van der Waals surface area contributed by atoms with Crippen molar-refractivity contribution in [3.8, 4) is 11.5 Å². The molecule has 0 aromatic heterocycles. The Morgan fingerprint density at radius 3 is 2.22 bits per heavy atom. The Kier molecular flexibility index (Phi) is 14.1. The third-order valence-electron chi connectivity index (χ3n) is 8.60. The molecule has 2 aliphatic rings. The van der Waals surface area contributed by atoms with Crippen molar-refractivity contribution in [1.29, 1.82) is 0 Å². The summed E-state index contributed by atoms with van der Waals surface area (Å²) in [6.07, 6.45) is 2.39. The van der Waals surface area contributed by atoms with E-state index in [2.05, 4.69) is 26.6 Å². The number of carbonyl (C=O) groups is 6. The highest BCUT2D eigenvalue weighted by Gasteiger charge is 2.33. The zero-order chi connectivity index (χ0) is 37.1.